The highest BCUT2D eigenvalue weighted by Gasteiger charge is 2.49. The normalized spacial score (nSPS) is 25.8. The van der Waals surface area contributed by atoms with Gasteiger partial charge in [0.1, 0.15) is 4.75 Å². The minimum Gasteiger partial charge on any atom is -0.598 e. The van der Waals surface area contributed by atoms with Crippen LogP contribution in [-0.4, -0.2) is 27.4 Å². The highest BCUT2D eigenvalue weighted by molar-refractivity contribution is 7.90. The Morgan fingerprint density at radius 2 is 2.10 bits per heavy atom. The molecule has 116 valence electrons. The second-order valence-electron chi connectivity index (χ2n) is 7.30. The molecule has 0 unspecified atom stereocenters. The van der Waals surface area contributed by atoms with Gasteiger partial charge in [-0.25, -0.2) is 0 Å². The molecule has 1 aliphatic carbocycles. The van der Waals surface area contributed by atoms with Gasteiger partial charge in [0.15, 0.2) is 0 Å². The predicted molar refractivity (Wildman–Crippen MR) is 86.2 cm³/mol. The number of nitrogens with one attached hydrogen (secondary N) is 2. The van der Waals surface area contributed by atoms with Crippen molar-refractivity contribution in [1.82, 2.24) is 15.0 Å². The van der Waals surface area contributed by atoms with Crippen molar-refractivity contribution in [3.63, 3.8) is 0 Å². The Morgan fingerprint density at radius 3 is 2.76 bits per heavy atom. The van der Waals surface area contributed by atoms with E-state index >= 15 is 0 Å². The Hall–Kier alpha value is -0.620. The molecule has 0 bridgehead atoms. The van der Waals surface area contributed by atoms with Crippen molar-refractivity contribution in [3.8, 4) is 0 Å². The maximum atomic E-state index is 12.6. The van der Waals surface area contributed by atoms with Crippen molar-refractivity contribution in [3.05, 3.63) is 29.6 Å². The van der Waals surface area contributed by atoms with Gasteiger partial charge in [0.25, 0.3) is 0 Å². The molecule has 1 aromatic rings. The monoisotopic (exact) mass is 307 g/mol. The highest BCUT2D eigenvalue weighted by Crippen LogP contribution is 2.51. The molecule has 4 nitrogen and oxygen atoms in total. The average molecular weight is 307 g/mol. The topological polar surface area (TPSA) is 60.0 Å². The summed E-state index contributed by atoms with van der Waals surface area (Å²) in [5, 5.41) is 3.45. The van der Waals surface area contributed by atoms with Gasteiger partial charge in [0.2, 0.25) is 0 Å². The van der Waals surface area contributed by atoms with Crippen LogP contribution in [0.15, 0.2) is 18.5 Å². The van der Waals surface area contributed by atoms with E-state index in [1.807, 2.05) is 33.2 Å². The van der Waals surface area contributed by atoms with Crippen molar-refractivity contribution in [2.24, 2.45) is 5.41 Å². The molecule has 5 heteroatoms. The maximum absolute atomic E-state index is 12.6. The first-order valence-corrected chi connectivity index (χ1v) is 8.89. The van der Waals surface area contributed by atoms with Crippen molar-refractivity contribution < 1.29 is 4.55 Å². The second kappa shape index (κ2) is 5.54. The SMILES string of the molecule is CC(C)(C)[S@@+]([O-])N[C@@H]1c2ccncc2CC12CCNCC2. The molecule has 1 saturated heterocycles. The maximum Gasteiger partial charge on any atom is 0.136 e. The van der Waals surface area contributed by atoms with E-state index in [0.29, 0.717) is 0 Å². The van der Waals surface area contributed by atoms with Gasteiger partial charge in [-0.2, -0.15) is 0 Å². The van der Waals surface area contributed by atoms with Gasteiger partial charge in [0.05, 0.1) is 6.04 Å². The number of rotatable bonds is 2. The molecule has 1 aromatic heterocycles. The first-order valence-electron chi connectivity index (χ1n) is 7.74. The van der Waals surface area contributed by atoms with E-state index in [1.165, 1.54) is 11.1 Å². The Balaban J connectivity index is 1.92. The average Bonchev–Trinajstić information content (AvgIpc) is 2.72. The molecule has 0 aromatic carbocycles. The zero-order chi connectivity index (χ0) is 15.1. The standard InChI is InChI=1S/C16H25N3OS/c1-15(2,3)21(20)19-14-13-4-7-18-11-12(13)10-16(14)5-8-17-9-6-16/h4,7,11,14,17,19H,5-6,8-10H2,1-3H3/t14-,21-/m1/s1. The molecule has 2 N–H and O–H groups in total. The number of hydrogen-bond acceptors (Lipinski definition) is 4. The first-order chi connectivity index (χ1) is 9.92. The molecular weight excluding hydrogens is 282 g/mol. The quantitative estimate of drug-likeness (QED) is 0.822. The number of nitrogens with zero attached hydrogens (tertiary/aromatic N) is 1. The molecule has 0 radical (unpaired) electrons. The van der Waals surface area contributed by atoms with Gasteiger partial charge in [-0.3, -0.25) is 4.98 Å². The smallest absolute Gasteiger partial charge is 0.136 e. The second-order valence-corrected chi connectivity index (χ2v) is 9.29. The van der Waals surface area contributed by atoms with Crippen LogP contribution in [0.3, 0.4) is 0 Å². The summed E-state index contributed by atoms with van der Waals surface area (Å²) in [5.74, 6) is 0. The van der Waals surface area contributed by atoms with E-state index in [0.717, 1.165) is 32.4 Å². The van der Waals surface area contributed by atoms with E-state index < -0.39 is 11.4 Å². The summed E-state index contributed by atoms with van der Waals surface area (Å²) in [4.78, 5) is 4.28. The van der Waals surface area contributed by atoms with E-state index in [2.05, 4.69) is 21.1 Å². The first kappa shape index (κ1) is 15.3. The molecule has 2 aliphatic rings. The number of fused-ring (bicyclic) bond motifs is 1. The largest absolute Gasteiger partial charge is 0.598 e. The molecule has 2 atom stereocenters. The van der Waals surface area contributed by atoms with Crippen LogP contribution in [-0.2, 0) is 17.8 Å². The third-order valence-electron chi connectivity index (χ3n) is 4.79. The number of hydrogen-bond donors (Lipinski definition) is 2. The fourth-order valence-corrected chi connectivity index (χ4v) is 4.49. The van der Waals surface area contributed by atoms with E-state index in [-0.39, 0.29) is 16.2 Å². The lowest BCUT2D eigenvalue weighted by Gasteiger charge is -2.40. The summed E-state index contributed by atoms with van der Waals surface area (Å²) in [7, 11) is 0. The number of piperidine rings is 1. The van der Waals surface area contributed by atoms with Gasteiger partial charge in [-0.05, 0) is 70.3 Å². The molecule has 0 saturated carbocycles. The zero-order valence-corrected chi connectivity index (χ0v) is 13.9. The van der Waals surface area contributed by atoms with Crippen LogP contribution in [0.1, 0.15) is 50.8 Å². The lowest BCUT2D eigenvalue weighted by Crippen LogP contribution is -2.48. The summed E-state index contributed by atoms with van der Waals surface area (Å²) < 4.78 is 15.8. The Kier molecular flexibility index (Phi) is 4.03. The van der Waals surface area contributed by atoms with Crippen molar-refractivity contribution in [2.75, 3.05) is 13.1 Å². The summed E-state index contributed by atoms with van der Waals surface area (Å²) in [5.41, 5.74) is 2.81. The summed E-state index contributed by atoms with van der Waals surface area (Å²) >= 11 is -1.05. The molecule has 3 rings (SSSR count). The Bertz CT molecular complexity index is 508. The van der Waals surface area contributed by atoms with Crippen LogP contribution in [0.25, 0.3) is 0 Å². The van der Waals surface area contributed by atoms with Gasteiger partial charge >= 0.3 is 0 Å². The third kappa shape index (κ3) is 2.84. The predicted octanol–water partition coefficient (Wildman–Crippen LogP) is 2.10. The number of aromatic nitrogens is 1. The third-order valence-corrected chi connectivity index (χ3v) is 6.35. The molecule has 1 fully saturated rings. The summed E-state index contributed by atoms with van der Waals surface area (Å²) in [6, 6.07) is 2.28. The Labute approximate surface area is 130 Å². The zero-order valence-electron chi connectivity index (χ0n) is 13.1. The summed E-state index contributed by atoms with van der Waals surface area (Å²) in [6.45, 7) is 8.15. The minimum atomic E-state index is -1.05. The van der Waals surface area contributed by atoms with Crippen LogP contribution < -0.4 is 10.0 Å². The van der Waals surface area contributed by atoms with Crippen molar-refractivity contribution in [2.45, 2.75) is 50.8 Å². The van der Waals surface area contributed by atoms with Crippen LogP contribution in [0.5, 0.6) is 0 Å². The van der Waals surface area contributed by atoms with Crippen molar-refractivity contribution >= 4 is 11.4 Å². The van der Waals surface area contributed by atoms with Crippen LogP contribution in [0.4, 0.5) is 0 Å². The van der Waals surface area contributed by atoms with Crippen molar-refractivity contribution in [1.29, 1.82) is 0 Å². The Morgan fingerprint density at radius 1 is 1.38 bits per heavy atom. The van der Waals surface area contributed by atoms with E-state index in [1.54, 1.807) is 0 Å². The van der Waals surface area contributed by atoms with E-state index in [9.17, 15) is 4.55 Å². The molecule has 0 amide bonds. The minimum absolute atomic E-state index is 0.178. The lowest BCUT2D eigenvalue weighted by molar-refractivity contribution is 0.163. The van der Waals surface area contributed by atoms with Crippen LogP contribution in [0.2, 0.25) is 0 Å². The van der Waals surface area contributed by atoms with Gasteiger partial charge in [-0.1, -0.05) is 0 Å². The van der Waals surface area contributed by atoms with Gasteiger partial charge < -0.3 is 9.87 Å². The number of pyridine rings is 1. The molecule has 21 heavy (non-hydrogen) atoms. The van der Waals surface area contributed by atoms with Gasteiger partial charge in [0, 0.05) is 29.2 Å². The molecule has 1 spiro atoms. The van der Waals surface area contributed by atoms with Gasteiger partial charge in [-0.15, -0.1) is 4.72 Å². The highest BCUT2D eigenvalue weighted by atomic mass is 32.2. The lowest BCUT2D eigenvalue weighted by atomic mass is 9.73. The fraction of sp³-hybridized carbons (Fsp3) is 0.688. The van der Waals surface area contributed by atoms with Crippen LogP contribution in [0, 0.1) is 5.41 Å². The molecular formula is C16H25N3OS. The van der Waals surface area contributed by atoms with E-state index in [4.69, 9.17) is 0 Å². The fourth-order valence-electron chi connectivity index (χ4n) is 3.54. The van der Waals surface area contributed by atoms with Crippen LogP contribution >= 0.6 is 0 Å². The summed E-state index contributed by atoms with van der Waals surface area (Å²) in [6.07, 6.45) is 7.15. The molecule has 1 aliphatic heterocycles. The molecule has 2 heterocycles.